The first kappa shape index (κ1) is 22.4. The van der Waals surface area contributed by atoms with Crippen LogP contribution in [0.4, 0.5) is 0 Å². The first-order chi connectivity index (χ1) is 15.6. The number of carbonyl (C=O) groups is 1. The van der Waals surface area contributed by atoms with Gasteiger partial charge in [-0.1, -0.05) is 38.0 Å². The highest BCUT2D eigenvalue weighted by molar-refractivity contribution is 5.83. The number of likely N-dealkylation sites (N-methyl/N-ethyl adjacent to an activating group) is 1. The number of nitrogens with one attached hydrogen (secondary N) is 4. The lowest BCUT2D eigenvalue weighted by atomic mass is 9.96. The Hall–Kier alpha value is -2.80. The van der Waals surface area contributed by atoms with Gasteiger partial charge in [-0.3, -0.25) is 9.78 Å². The molecule has 7 nitrogen and oxygen atoms in total. The number of unbranched alkanes of at least 4 members (excludes halogenated alkanes) is 2. The van der Waals surface area contributed by atoms with Crippen molar-refractivity contribution in [3.63, 3.8) is 0 Å². The quantitative estimate of drug-likeness (QED) is 0.388. The normalized spacial score (nSPS) is 24.1. The number of nitrogens with zero attached hydrogens (tertiary/aromatic N) is 1. The Morgan fingerprint density at radius 3 is 3.00 bits per heavy atom. The summed E-state index contributed by atoms with van der Waals surface area (Å²) in [5.41, 5.74) is 2.30. The van der Waals surface area contributed by atoms with Crippen LogP contribution < -0.4 is 31.8 Å². The molecule has 0 amide bonds. The molecule has 1 aromatic rings. The molecule has 172 valence electrons. The fourth-order valence-electron chi connectivity index (χ4n) is 4.58. The summed E-state index contributed by atoms with van der Waals surface area (Å²) in [5, 5.41) is 16.1. The van der Waals surface area contributed by atoms with E-state index in [9.17, 15) is 4.79 Å². The Labute approximate surface area is 190 Å². The van der Waals surface area contributed by atoms with Crippen LogP contribution in [0.25, 0.3) is 12.2 Å². The van der Waals surface area contributed by atoms with Gasteiger partial charge in [0.2, 0.25) is 6.23 Å². The number of allylic oxidation sites excluding steroid dienone is 1. The molecule has 32 heavy (non-hydrogen) atoms. The molecule has 4 atom stereocenters. The van der Waals surface area contributed by atoms with Crippen LogP contribution in [-0.4, -0.2) is 35.7 Å². The summed E-state index contributed by atoms with van der Waals surface area (Å²) in [7, 11) is 0. The Bertz CT molecular complexity index is 979. The van der Waals surface area contributed by atoms with Gasteiger partial charge < -0.3 is 26.0 Å². The summed E-state index contributed by atoms with van der Waals surface area (Å²) in [6.07, 6.45) is 15.2. The lowest BCUT2D eigenvalue weighted by Gasteiger charge is -2.27. The highest BCUT2D eigenvalue weighted by Crippen LogP contribution is 2.21. The average molecular weight is 438 g/mol. The van der Waals surface area contributed by atoms with Gasteiger partial charge in [0.05, 0.1) is 5.35 Å². The Morgan fingerprint density at radius 2 is 2.19 bits per heavy atom. The minimum Gasteiger partial charge on any atom is -0.469 e. The topological polar surface area (TPSA) is 87.3 Å². The molecule has 3 unspecified atom stereocenters. The third kappa shape index (κ3) is 5.51. The third-order valence-corrected chi connectivity index (χ3v) is 6.31. The van der Waals surface area contributed by atoms with Gasteiger partial charge in [-0.15, -0.1) is 0 Å². The van der Waals surface area contributed by atoms with Gasteiger partial charge in [0.1, 0.15) is 12.4 Å². The number of rotatable bonds is 11. The summed E-state index contributed by atoms with van der Waals surface area (Å²) in [6.45, 7) is 5.11. The Kier molecular flexibility index (Phi) is 7.47. The van der Waals surface area contributed by atoms with Crippen LogP contribution in [0.5, 0.6) is 0 Å². The summed E-state index contributed by atoms with van der Waals surface area (Å²) >= 11 is 0. The summed E-state index contributed by atoms with van der Waals surface area (Å²) < 4.78 is 5.21. The van der Waals surface area contributed by atoms with Crippen molar-refractivity contribution < 1.29 is 9.53 Å². The van der Waals surface area contributed by atoms with E-state index in [-0.39, 0.29) is 11.9 Å². The fraction of sp³-hybridized carbons (Fsp3) is 0.520. The van der Waals surface area contributed by atoms with Gasteiger partial charge in [0.25, 0.3) is 0 Å². The highest BCUT2D eigenvalue weighted by atomic mass is 16.5. The van der Waals surface area contributed by atoms with E-state index in [4.69, 9.17) is 4.74 Å². The predicted molar refractivity (Wildman–Crippen MR) is 126 cm³/mol. The first-order valence-electron chi connectivity index (χ1n) is 11.8. The zero-order valence-electron chi connectivity index (χ0n) is 19.1. The van der Waals surface area contributed by atoms with Crippen LogP contribution >= 0.6 is 0 Å². The Balaban J connectivity index is 1.23. The van der Waals surface area contributed by atoms with E-state index in [0.29, 0.717) is 18.4 Å². The summed E-state index contributed by atoms with van der Waals surface area (Å²) in [5.74, 6) is 0.470. The SMILES string of the molecule is CCN[C@@H](CCCCCC(=O)C1NC=CO1)C1NC=C(C2C=c3ccc(C)nc3=CC2)N1. The monoisotopic (exact) mass is 437 g/mol. The minimum atomic E-state index is -0.485. The van der Waals surface area contributed by atoms with E-state index in [0.717, 1.165) is 49.7 Å². The molecule has 1 aromatic heterocycles. The molecule has 0 spiro atoms. The standard InChI is InChI=1S/C25H35N5O2/c1-3-26-21(7-5-4-6-8-23(31)25-27-13-14-32-25)24-28-16-22(30-24)19-11-12-20-18(15-19)10-9-17(2)29-20/h9-10,12-16,19,21,24-28,30H,3-8,11H2,1-2H3/t19?,21-,24?,25?/m0/s1. The van der Waals surface area contributed by atoms with Crippen molar-refractivity contribution in [2.24, 2.45) is 5.92 Å². The van der Waals surface area contributed by atoms with Crippen molar-refractivity contribution in [1.29, 1.82) is 0 Å². The second-order valence-electron chi connectivity index (χ2n) is 8.74. The van der Waals surface area contributed by atoms with E-state index in [1.165, 1.54) is 17.2 Å². The molecule has 2 aliphatic heterocycles. The highest BCUT2D eigenvalue weighted by Gasteiger charge is 2.27. The molecule has 0 radical (unpaired) electrons. The summed E-state index contributed by atoms with van der Waals surface area (Å²) in [4.78, 5) is 16.7. The molecular weight excluding hydrogens is 402 g/mol. The van der Waals surface area contributed by atoms with Gasteiger partial charge in [-0.25, -0.2) is 0 Å². The van der Waals surface area contributed by atoms with Crippen LogP contribution in [0.1, 0.15) is 51.1 Å². The van der Waals surface area contributed by atoms with E-state index in [1.54, 1.807) is 6.20 Å². The van der Waals surface area contributed by atoms with E-state index in [1.807, 2.05) is 6.92 Å². The van der Waals surface area contributed by atoms with Crippen LogP contribution in [0, 0.1) is 12.8 Å². The van der Waals surface area contributed by atoms with E-state index >= 15 is 0 Å². The smallest absolute Gasteiger partial charge is 0.228 e. The van der Waals surface area contributed by atoms with Crippen molar-refractivity contribution >= 4 is 17.9 Å². The largest absolute Gasteiger partial charge is 0.469 e. The van der Waals surface area contributed by atoms with Gasteiger partial charge in [0, 0.05) is 42.2 Å². The summed E-state index contributed by atoms with van der Waals surface area (Å²) in [6, 6.07) is 4.57. The number of aromatic nitrogens is 1. The second-order valence-corrected chi connectivity index (χ2v) is 8.74. The molecule has 4 N–H and O–H groups in total. The Morgan fingerprint density at radius 1 is 1.28 bits per heavy atom. The molecule has 0 bridgehead atoms. The number of ether oxygens (including phenoxy) is 1. The molecule has 1 aliphatic carbocycles. The minimum absolute atomic E-state index is 0.124. The lowest BCUT2D eigenvalue weighted by molar-refractivity contribution is -0.127. The fourth-order valence-corrected chi connectivity index (χ4v) is 4.58. The molecule has 3 aliphatic rings. The maximum absolute atomic E-state index is 12.1. The number of ketones is 1. The molecule has 0 saturated heterocycles. The van der Waals surface area contributed by atoms with Crippen molar-refractivity contribution in [2.75, 3.05) is 6.54 Å². The van der Waals surface area contributed by atoms with Crippen LogP contribution in [0.15, 0.2) is 36.5 Å². The van der Waals surface area contributed by atoms with Gasteiger partial charge in [0.15, 0.2) is 5.78 Å². The molecule has 0 aromatic carbocycles. The predicted octanol–water partition coefficient (Wildman–Crippen LogP) is 1.25. The van der Waals surface area contributed by atoms with Crippen molar-refractivity contribution in [1.82, 2.24) is 26.3 Å². The third-order valence-electron chi connectivity index (χ3n) is 6.31. The maximum Gasteiger partial charge on any atom is 0.228 e. The molecule has 4 rings (SSSR count). The van der Waals surface area contributed by atoms with Crippen LogP contribution in [0.2, 0.25) is 0 Å². The number of carbonyl (C=O) groups excluding carboxylic acids is 1. The molecule has 0 fully saturated rings. The van der Waals surface area contributed by atoms with Crippen molar-refractivity contribution in [3.8, 4) is 0 Å². The van der Waals surface area contributed by atoms with Crippen molar-refractivity contribution in [3.05, 3.63) is 52.8 Å². The van der Waals surface area contributed by atoms with Crippen LogP contribution in [-0.2, 0) is 9.53 Å². The van der Waals surface area contributed by atoms with Gasteiger partial charge >= 0.3 is 0 Å². The molecule has 7 heteroatoms. The number of Topliss-reactive ketones (excluding diaryl/α,β-unsaturated/α-hetero) is 1. The molecule has 0 saturated carbocycles. The number of fused-ring (bicyclic) bond motifs is 1. The average Bonchev–Trinajstić information content (AvgIpc) is 3.50. The number of pyridine rings is 1. The van der Waals surface area contributed by atoms with E-state index < -0.39 is 6.23 Å². The number of hydrogen-bond donors (Lipinski definition) is 4. The zero-order valence-corrected chi connectivity index (χ0v) is 19.1. The van der Waals surface area contributed by atoms with Gasteiger partial charge in [-0.2, -0.15) is 0 Å². The molecular formula is C25H35N5O2. The lowest BCUT2D eigenvalue weighted by Crippen LogP contribution is -2.51. The number of aryl methyl sites for hydroxylation is 1. The number of hydrogen-bond acceptors (Lipinski definition) is 7. The first-order valence-corrected chi connectivity index (χ1v) is 11.8. The van der Waals surface area contributed by atoms with Gasteiger partial charge in [-0.05, 0) is 44.0 Å². The molecule has 3 heterocycles. The zero-order chi connectivity index (χ0) is 22.3. The van der Waals surface area contributed by atoms with E-state index in [2.05, 4.69) is 63.7 Å². The van der Waals surface area contributed by atoms with Crippen LogP contribution in [0.3, 0.4) is 0 Å². The second kappa shape index (κ2) is 10.7. The maximum atomic E-state index is 12.1. The van der Waals surface area contributed by atoms with Crippen molar-refractivity contribution in [2.45, 2.75) is 70.8 Å².